The number of nitrogens with zero attached hydrogens (tertiary/aromatic N) is 2. The van der Waals surface area contributed by atoms with Crippen molar-refractivity contribution in [2.45, 2.75) is 50.6 Å². The first-order valence-electron chi connectivity index (χ1n) is 8.00. The highest BCUT2D eigenvalue weighted by Gasteiger charge is 2.42. The van der Waals surface area contributed by atoms with Gasteiger partial charge in [0, 0.05) is 6.07 Å². The van der Waals surface area contributed by atoms with E-state index in [0.29, 0.717) is 25.7 Å². The number of aromatic nitrogens is 2. The van der Waals surface area contributed by atoms with Gasteiger partial charge in [0.15, 0.2) is 11.3 Å². The Morgan fingerprint density at radius 3 is 2.26 bits per heavy atom. The Bertz CT molecular complexity index is 868. The van der Waals surface area contributed by atoms with E-state index in [1.807, 2.05) is 0 Å². The van der Waals surface area contributed by atoms with E-state index >= 15 is 0 Å². The first-order valence-corrected chi connectivity index (χ1v) is 8.00. The second-order valence-corrected chi connectivity index (χ2v) is 6.21. The van der Waals surface area contributed by atoms with Crippen LogP contribution in [0.5, 0.6) is 5.75 Å². The smallest absolute Gasteiger partial charge is 0.449 e. The third-order valence-electron chi connectivity index (χ3n) is 4.31. The third kappa shape index (κ3) is 3.78. The number of nitro benzene ring substituents is 1. The van der Waals surface area contributed by atoms with Crippen LogP contribution in [0, 0.1) is 10.1 Å². The molecule has 1 aliphatic rings. The number of non-ortho nitro benzene ring substituents is 1. The van der Waals surface area contributed by atoms with E-state index in [-0.39, 0.29) is 6.07 Å². The monoisotopic (exact) mass is 397 g/mol. The summed E-state index contributed by atoms with van der Waals surface area (Å²) in [6.07, 6.45) is -7.53. The molecule has 6 nitrogen and oxygen atoms in total. The molecule has 148 valence electrons. The van der Waals surface area contributed by atoms with Crippen molar-refractivity contribution in [1.29, 1.82) is 0 Å². The summed E-state index contributed by atoms with van der Waals surface area (Å²) < 4.78 is 84.6. The van der Waals surface area contributed by atoms with Crippen LogP contribution in [-0.2, 0) is 12.4 Å². The molecule has 0 saturated heterocycles. The first kappa shape index (κ1) is 19.2. The standard InChI is InChI=1S/C15H13F6N3O3/c16-14(17,18)8-6-9(24(25)26)10-11(23-13(22-10)15(19,20)21)12(8)27-7-4-2-1-3-5-7/h6-7H,1-5H2,(H,22,23). The predicted molar refractivity (Wildman–Crippen MR) is 80.3 cm³/mol. The van der Waals surface area contributed by atoms with Gasteiger partial charge in [-0.25, -0.2) is 4.98 Å². The summed E-state index contributed by atoms with van der Waals surface area (Å²) in [4.78, 5) is 14.8. The molecule has 1 saturated carbocycles. The van der Waals surface area contributed by atoms with Crippen LogP contribution in [0.15, 0.2) is 6.07 Å². The lowest BCUT2D eigenvalue weighted by Crippen LogP contribution is -2.22. The summed E-state index contributed by atoms with van der Waals surface area (Å²) in [5.41, 5.74) is -4.30. The van der Waals surface area contributed by atoms with Crippen LogP contribution in [0.2, 0.25) is 0 Å². The highest BCUT2D eigenvalue weighted by molar-refractivity contribution is 5.91. The Balaban J connectivity index is 2.26. The Morgan fingerprint density at radius 1 is 1.11 bits per heavy atom. The van der Waals surface area contributed by atoms with Crippen LogP contribution in [0.4, 0.5) is 32.0 Å². The summed E-state index contributed by atoms with van der Waals surface area (Å²) >= 11 is 0. The van der Waals surface area contributed by atoms with Gasteiger partial charge in [0.05, 0.1) is 11.0 Å². The number of alkyl halides is 6. The minimum Gasteiger partial charge on any atom is -0.488 e. The van der Waals surface area contributed by atoms with E-state index in [2.05, 4.69) is 4.98 Å². The normalized spacial score (nSPS) is 16.7. The molecule has 0 radical (unpaired) electrons. The van der Waals surface area contributed by atoms with Crippen molar-refractivity contribution in [2.75, 3.05) is 0 Å². The molecule has 1 fully saturated rings. The van der Waals surface area contributed by atoms with E-state index in [1.165, 1.54) is 0 Å². The van der Waals surface area contributed by atoms with Crippen molar-refractivity contribution in [3.63, 3.8) is 0 Å². The molecule has 0 aliphatic heterocycles. The van der Waals surface area contributed by atoms with Gasteiger partial charge in [-0.1, -0.05) is 6.42 Å². The van der Waals surface area contributed by atoms with Gasteiger partial charge in [0.2, 0.25) is 5.82 Å². The van der Waals surface area contributed by atoms with E-state index < -0.39 is 57.2 Å². The van der Waals surface area contributed by atoms with Gasteiger partial charge in [-0.3, -0.25) is 10.1 Å². The molecule has 0 amide bonds. The molecule has 27 heavy (non-hydrogen) atoms. The van der Waals surface area contributed by atoms with Crippen molar-refractivity contribution >= 4 is 16.7 Å². The quantitative estimate of drug-likeness (QED) is 0.437. The molecule has 0 atom stereocenters. The topological polar surface area (TPSA) is 81.0 Å². The molecular weight excluding hydrogens is 384 g/mol. The van der Waals surface area contributed by atoms with Crippen molar-refractivity contribution in [3.05, 3.63) is 27.6 Å². The fourth-order valence-corrected chi connectivity index (χ4v) is 3.08. The second-order valence-electron chi connectivity index (χ2n) is 6.21. The molecule has 1 aromatic carbocycles. The summed E-state index contributed by atoms with van der Waals surface area (Å²) in [6, 6.07) is 0.168. The summed E-state index contributed by atoms with van der Waals surface area (Å²) in [7, 11) is 0. The zero-order chi connectivity index (χ0) is 20.0. The van der Waals surface area contributed by atoms with Gasteiger partial charge < -0.3 is 9.72 Å². The maximum absolute atomic E-state index is 13.5. The summed E-state index contributed by atoms with van der Waals surface area (Å²) in [6.45, 7) is 0. The minimum atomic E-state index is -5.06. The molecule has 2 aromatic rings. The fraction of sp³-hybridized carbons (Fsp3) is 0.533. The molecule has 0 unspecified atom stereocenters. The van der Waals surface area contributed by atoms with Crippen LogP contribution in [0.1, 0.15) is 43.5 Å². The lowest BCUT2D eigenvalue weighted by molar-refractivity contribution is -0.383. The lowest BCUT2D eigenvalue weighted by atomic mass is 9.97. The number of benzene rings is 1. The van der Waals surface area contributed by atoms with E-state index in [9.17, 15) is 36.5 Å². The average molecular weight is 397 g/mol. The molecule has 1 heterocycles. The average Bonchev–Trinajstić information content (AvgIpc) is 3.00. The van der Waals surface area contributed by atoms with Crippen LogP contribution >= 0.6 is 0 Å². The maximum Gasteiger partial charge on any atom is 0.449 e. The van der Waals surface area contributed by atoms with Gasteiger partial charge >= 0.3 is 12.4 Å². The highest BCUT2D eigenvalue weighted by Crippen LogP contribution is 2.45. The van der Waals surface area contributed by atoms with Crippen LogP contribution in [-0.4, -0.2) is 21.0 Å². The van der Waals surface area contributed by atoms with Crippen LogP contribution in [0.3, 0.4) is 0 Å². The third-order valence-corrected chi connectivity index (χ3v) is 4.31. The minimum absolute atomic E-state index is 0.168. The molecule has 12 heteroatoms. The van der Waals surface area contributed by atoms with Gasteiger partial charge in [0.1, 0.15) is 11.1 Å². The van der Waals surface area contributed by atoms with E-state index in [1.54, 1.807) is 4.98 Å². The molecule has 3 rings (SSSR count). The van der Waals surface area contributed by atoms with Gasteiger partial charge in [-0.05, 0) is 25.7 Å². The van der Waals surface area contributed by atoms with Gasteiger partial charge in [-0.2, -0.15) is 26.3 Å². The van der Waals surface area contributed by atoms with Crippen molar-refractivity contribution < 1.29 is 36.0 Å². The van der Waals surface area contributed by atoms with Crippen molar-refractivity contribution in [3.8, 4) is 5.75 Å². The number of hydrogen-bond acceptors (Lipinski definition) is 4. The number of hydrogen-bond donors (Lipinski definition) is 1. The SMILES string of the molecule is O=[N+]([O-])c1cc(C(F)(F)F)c(OC2CCCCC2)c2[nH]c(C(F)(F)F)nc12. The van der Waals surface area contributed by atoms with Gasteiger partial charge in [0.25, 0.3) is 5.69 Å². The lowest BCUT2D eigenvalue weighted by Gasteiger charge is -2.25. The number of nitrogens with one attached hydrogen (secondary N) is 1. The predicted octanol–water partition coefficient (Wildman–Crippen LogP) is 5.22. The molecule has 0 bridgehead atoms. The fourth-order valence-electron chi connectivity index (χ4n) is 3.08. The van der Waals surface area contributed by atoms with Crippen molar-refractivity contribution in [1.82, 2.24) is 9.97 Å². The second kappa shape index (κ2) is 6.57. The molecular formula is C15H13F6N3O3. The molecule has 1 aliphatic carbocycles. The molecule has 1 N–H and O–H groups in total. The number of nitro groups is 1. The van der Waals surface area contributed by atoms with Crippen LogP contribution < -0.4 is 4.74 Å². The number of ether oxygens (including phenoxy) is 1. The number of imidazole rings is 1. The zero-order valence-electron chi connectivity index (χ0n) is 13.6. The number of fused-ring (bicyclic) bond motifs is 1. The Hall–Kier alpha value is -2.53. The van der Waals surface area contributed by atoms with Gasteiger partial charge in [-0.15, -0.1) is 0 Å². The Kier molecular flexibility index (Phi) is 4.68. The first-order chi connectivity index (χ1) is 12.5. The van der Waals surface area contributed by atoms with Crippen LogP contribution in [0.25, 0.3) is 11.0 Å². The number of aromatic amines is 1. The zero-order valence-corrected chi connectivity index (χ0v) is 13.6. The van der Waals surface area contributed by atoms with E-state index in [0.717, 1.165) is 6.42 Å². The summed E-state index contributed by atoms with van der Waals surface area (Å²) in [5, 5.41) is 11.1. The van der Waals surface area contributed by atoms with Crippen molar-refractivity contribution in [2.24, 2.45) is 0 Å². The highest BCUT2D eigenvalue weighted by atomic mass is 19.4. The molecule has 0 spiro atoms. The number of halogens is 6. The maximum atomic E-state index is 13.5. The van der Waals surface area contributed by atoms with E-state index in [4.69, 9.17) is 4.74 Å². The largest absolute Gasteiger partial charge is 0.488 e. The Morgan fingerprint density at radius 2 is 1.74 bits per heavy atom. The number of H-pyrrole nitrogens is 1. The molecule has 1 aromatic heterocycles. The Labute approximate surface area is 147 Å². The number of rotatable bonds is 3. The summed E-state index contributed by atoms with van der Waals surface area (Å²) in [5.74, 6) is -2.52.